The Kier molecular flexibility index (Phi) is 7.18. The third-order valence-electron chi connectivity index (χ3n) is 5.16. The van der Waals surface area contributed by atoms with Crippen LogP contribution < -0.4 is 10.6 Å². The number of hydrogen-bond acceptors (Lipinski definition) is 5. The van der Waals surface area contributed by atoms with Crippen LogP contribution >= 0.6 is 0 Å². The van der Waals surface area contributed by atoms with Gasteiger partial charge in [0.1, 0.15) is 12.1 Å². The molecule has 0 aromatic rings. The molecular formula is C18H29N3O6. The van der Waals surface area contributed by atoms with Crippen molar-refractivity contribution in [2.75, 3.05) is 13.1 Å². The number of carbonyl (C=O) groups is 4. The number of epoxide rings is 1. The molecule has 2 saturated heterocycles. The van der Waals surface area contributed by atoms with Crippen molar-refractivity contribution in [2.45, 2.75) is 70.7 Å². The molecule has 2 heterocycles. The second-order valence-electron chi connectivity index (χ2n) is 7.17. The van der Waals surface area contributed by atoms with Crippen molar-refractivity contribution in [1.82, 2.24) is 15.5 Å². The van der Waals surface area contributed by atoms with Gasteiger partial charge in [0.2, 0.25) is 5.91 Å². The normalized spacial score (nSPS) is 26.2. The molecule has 2 aliphatic rings. The molecule has 0 radical (unpaired) electrons. The fourth-order valence-electron chi connectivity index (χ4n) is 3.24. The first-order chi connectivity index (χ1) is 12.8. The monoisotopic (exact) mass is 383 g/mol. The largest absolute Gasteiger partial charge is 0.480 e. The number of ether oxygens (including phenoxy) is 1. The van der Waals surface area contributed by atoms with Gasteiger partial charge in [0.25, 0.3) is 11.8 Å². The molecule has 152 valence electrons. The third kappa shape index (κ3) is 4.97. The van der Waals surface area contributed by atoms with Crippen molar-refractivity contribution >= 4 is 23.7 Å². The van der Waals surface area contributed by atoms with Gasteiger partial charge >= 0.3 is 5.97 Å². The first kappa shape index (κ1) is 21.1. The van der Waals surface area contributed by atoms with Crippen LogP contribution in [0.1, 0.15) is 46.5 Å². The molecule has 0 spiro atoms. The van der Waals surface area contributed by atoms with Crippen LogP contribution in [0.5, 0.6) is 0 Å². The standard InChI is InChI=1S/C18H29N3O6/c1-4-8-19-15(22)13-14(27-13)16(23)20-12(10(3)5-2)17(24)21-9-6-7-11(21)18(25)26/h10-14H,4-9H2,1-3H3,(H,19,22)(H,20,23)(H,25,26)/t10?,11-,12-,13-,14?/m0/s1. The number of likely N-dealkylation sites (tertiary alicyclic amines) is 1. The second-order valence-corrected chi connectivity index (χ2v) is 7.17. The molecule has 2 rings (SSSR count). The van der Waals surface area contributed by atoms with E-state index >= 15 is 0 Å². The molecule has 5 atom stereocenters. The van der Waals surface area contributed by atoms with Crippen LogP contribution in [0, 0.1) is 5.92 Å². The summed E-state index contributed by atoms with van der Waals surface area (Å²) in [6, 6.07) is -1.70. The molecule has 0 saturated carbocycles. The van der Waals surface area contributed by atoms with Gasteiger partial charge < -0.3 is 25.4 Å². The molecule has 3 amide bonds. The Balaban J connectivity index is 2.01. The summed E-state index contributed by atoms with van der Waals surface area (Å²) in [5, 5.41) is 14.7. The number of amides is 3. The van der Waals surface area contributed by atoms with E-state index in [1.54, 1.807) is 0 Å². The lowest BCUT2D eigenvalue weighted by Gasteiger charge is -2.30. The summed E-state index contributed by atoms with van der Waals surface area (Å²) in [5.41, 5.74) is 0. The average molecular weight is 383 g/mol. The van der Waals surface area contributed by atoms with Gasteiger partial charge in [0, 0.05) is 13.1 Å². The van der Waals surface area contributed by atoms with Gasteiger partial charge in [-0.3, -0.25) is 14.4 Å². The van der Waals surface area contributed by atoms with E-state index in [2.05, 4.69) is 10.6 Å². The first-order valence-corrected chi connectivity index (χ1v) is 9.58. The van der Waals surface area contributed by atoms with E-state index in [-0.39, 0.29) is 11.8 Å². The highest BCUT2D eigenvalue weighted by Crippen LogP contribution is 2.25. The van der Waals surface area contributed by atoms with Crippen molar-refractivity contribution in [1.29, 1.82) is 0 Å². The highest BCUT2D eigenvalue weighted by Gasteiger charge is 2.51. The second kappa shape index (κ2) is 9.16. The summed E-state index contributed by atoms with van der Waals surface area (Å²) in [6.07, 6.45) is 0.704. The molecule has 27 heavy (non-hydrogen) atoms. The summed E-state index contributed by atoms with van der Waals surface area (Å²) < 4.78 is 5.17. The molecule has 2 aliphatic heterocycles. The van der Waals surface area contributed by atoms with E-state index < -0.39 is 42.1 Å². The Morgan fingerprint density at radius 2 is 1.85 bits per heavy atom. The number of carboxylic acids is 1. The Hall–Kier alpha value is -2.16. The number of carbonyl (C=O) groups excluding carboxylic acids is 3. The van der Waals surface area contributed by atoms with E-state index in [4.69, 9.17) is 4.74 Å². The van der Waals surface area contributed by atoms with E-state index in [1.165, 1.54) is 4.90 Å². The first-order valence-electron chi connectivity index (χ1n) is 9.58. The molecular weight excluding hydrogens is 354 g/mol. The van der Waals surface area contributed by atoms with Crippen molar-refractivity contribution in [3.8, 4) is 0 Å². The lowest BCUT2D eigenvalue weighted by molar-refractivity contribution is -0.150. The van der Waals surface area contributed by atoms with Crippen LogP contribution in [0.25, 0.3) is 0 Å². The number of nitrogens with zero attached hydrogens (tertiary/aromatic N) is 1. The summed E-state index contributed by atoms with van der Waals surface area (Å²) in [6.45, 7) is 6.51. The van der Waals surface area contributed by atoms with Crippen molar-refractivity contribution in [3.63, 3.8) is 0 Å². The minimum atomic E-state index is -1.03. The summed E-state index contributed by atoms with van der Waals surface area (Å²) in [5.74, 6) is -2.46. The minimum Gasteiger partial charge on any atom is -0.480 e. The van der Waals surface area contributed by atoms with Crippen LogP contribution in [0.3, 0.4) is 0 Å². The van der Waals surface area contributed by atoms with Crippen LogP contribution in [0.15, 0.2) is 0 Å². The van der Waals surface area contributed by atoms with Crippen LogP contribution in [0.4, 0.5) is 0 Å². The quantitative estimate of drug-likeness (QED) is 0.477. The molecule has 0 aromatic heterocycles. The van der Waals surface area contributed by atoms with E-state index in [9.17, 15) is 24.3 Å². The van der Waals surface area contributed by atoms with Gasteiger partial charge in [-0.2, -0.15) is 0 Å². The summed E-state index contributed by atoms with van der Waals surface area (Å²) in [4.78, 5) is 49.9. The van der Waals surface area contributed by atoms with Gasteiger partial charge in [-0.25, -0.2) is 4.79 Å². The number of hydrogen-bond donors (Lipinski definition) is 3. The smallest absolute Gasteiger partial charge is 0.326 e. The zero-order valence-corrected chi connectivity index (χ0v) is 16.1. The van der Waals surface area contributed by atoms with Gasteiger partial charge in [0.15, 0.2) is 12.2 Å². The Morgan fingerprint density at radius 1 is 1.19 bits per heavy atom. The molecule has 2 fully saturated rings. The van der Waals surface area contributed by atoms with Crippen molar-refractivity contribution < 1.29 is 29.0 Å². The molecule has 2 unspecified atom stereocenters. The number of carboxylic acid groups (broad SMARTS) is 1. The zero-order chi connectivity index (χ0) is 20.1. The van der Waals surface area contributed by atoms with Crippen LogP contribution in [-0.2, 0) is 23.9 Å². The predicted octanol–water partition coefficient (Wildman–Crippen LogP) is -0.113. The highest BCUT2D eigenvalue weighted by molar-refractivity contribution is 5.97. The summed E-state index contributed by atoms with van der Waals surface area (Å²) >= 11 is 0. The minimum absolute atomic E-state index is 0.178. The molecule has 9 nitrogen and oxygen atoms in total. The maximum atomic E-state index is 12.9. The van der Waals surface area contributed by atoms with Gasteiger partial charge in [-0.15, -0.1) is 0 Å². The Labute approximate surface area is 158 Å². The van der Waals surface area contributed by atoms with E-state index in [0.717, 1.165) is 6.42 Å². The van der Waals surface area contributed by atoms with Gasteiger partial charge in [0.05, 0.1) is 0 Å². The highest BCUT2D eigenvalue weighted by atomic mass is 16.6. The lowest BCUT2D eigenvalue weighted by atomic mass is 9.97. The average Bonchev–Trinajstić information content (AvgIpc) is 3.30. The number of aliphatic carboxylic acids is 1. The topological polar surface area (TPSA) is 128 Å². The third-order valence-corrected chi connectivity index (χ3v) is 5.16. The molecule has 0 aliphatic carbocycles. The molecule has 9 heteroatoms. The maximum absolute atomic E-state index is 12.9. The van der Waals surface area contributed by atoms with E-state index in [0.29, 0.717) is 32.4 Å². The van der Waals surface area contributed by atoms with Crippen LogP contribution in [-0.4, -0.2) is 71.1 Å². The van der Waals surface area contributed by atoms with Gasteiger partial charge in [-0.1, -0.05) is 27.2 Å². The SMILES string of the molecule is CCCNC(=O)[C@H]1OC1C(=O)N[C@H](C(=O)N1CCC[C@H]1C(=O)O)C(C)CC. The maximum Gasteiger partial charge on any atom is 0.326 e. The molecule has 0 aromatic carbocycles. The van der Waals surface area contributed by atoms with Crippen molar-refractivity contribution in [2.24, 2.45) is 5.92 Å². The number of nitrogens with one attached hydrogen (secondary N) is 2. The molecule has 3 N–H and O–H groups in total. The zero-order valence-electron chi connectivity index (χ0n) is 16.1. The Bertz CT molecular complexity index is 596. The lowest BCUT2D eigenvalue weighted by Crippen LogP contribution is -2.55. The van der Waals surface area contributed by atoms with Gasteiger partial charge in [-0.05, 0) is 25.2 Å². The summed E-state index contributed by atoms with van der Waals surface area (Å²) in [7, 11) is 0. The fourth-order valence-corrected chi connectivity index (χ4v) is 3.24. The predicted molar refractivity (Wildman–Crippen MR) is 95.7 cm³/mol. The Morgan fingerprint density at radius 3 is 2.44 bits per heavy atom. The van der Waals surface area contributed by atoms with E-state index in [1.807, 2.05) is 20.8 Å². The fraction of sp³-hybridized carbons (Fsp3) is 0.778. The number of rotatable bonds is 9. The van der Waals surface area contributed by atoms with Crippen LogP contribution in [0.2, 0.25) is 0 Å². The molecule has 0 bridgehead atoms. The van der Waals surface area contributed by atoms with Crippen molar-refractivity contribution in [3.05, 3.63) is 0 Å².